The Labute approximate surface area is 172 Å². The van der Waals surface area contributed by atoms with Crippen LogP contribution < -0.4 is 10.1 Å². The van der Waals surface area contributed by atoms with Crippen LogP contribution in [0.3, 0.4) is 0 Å². The van der Waals surface area contributed by atoms with Crippen molar-refractivity contribution in [2.24, 2.45) is 7.05 Å². The zero-order valence-corrected chi connectivity index (χ0v) is 17.0. The van der Waals surface area contributed by atoms with Crippen molar-refractivity contribution >= 4 is 39.3 Å². The summed E-state index contributed by atoms with van der Waals surface area (Å²) in [6.45, 7) is -2.87. The molecular weight excluding hydrogens is 454 g/mol. The summed E-state index contributed by atoms with van der Waals surface area (Å²) in [6.07, 6.45) is 0. The van der Waals surface area contributed by atoms with Crippen molar-refractivity contribution in [1.82, 2.24) is 14.8 Å². The van der Waals surface area contributed by atoms with Gasteiger partial charge in [-0.2, -0.15) is 8.78 Å². The molecule has 0 aliphatic carbocycles. The topological polar surface area (TPSA) is 69.0 Å². The van der Waals surface area contributed by atoms with Crippen molar-refractivity contribution in [1.29, 1.82) is 0 Å². The molecule has 28 heavy (non-hydrogen) atoms. The molecule has 0 bridgehead atoms. The number of hydrogen-bond donors (Lipinski definition) is 1. The highest BCUT2D eigenvalue weighted by Crippen LogP contribution is 2.25. The van der Waals surface area contributed by atoms with Gasteiger partial charge in [-0.25, -0.2) is 0 Å². The van der Waals surface area contributed by atoms with E-state index in [9.17, 15) is 13.6 Å². The average molecular weight is 469 g/mol. The fraction of sp³-hybridized carbons (Fsp3) is 0.167. The van der Waals surface area contributed by atoms with E-state index in [4.69, 9.17) is 0 Å². The van der Waals surface area contributed by atoms with Gasteiger partial charge in [-0.05, 0) is 48.5 Å². The largest absolute Gasteiger partial charge is 0.435 e. The molecule has 0 saturated heterocycles. The number of rotatable bonds is 7. The van der Waals surface area contributed by atoms with E-state index in [0.29, 0.717) is 22.2 Å². The molecule has 0 fully saturated rings. The summed E-state index contributed by atoms with van der Waals surface area (Å²) in [6, 6.07) is 13.4. The molecule has 10 heteroatoms. The standard InChI is InChI=1S/C18H15BrF2N4O2S/c1-25-16(11-2-8-14(9-3-11)27-17(20)21)23-24-18(25)28-10-15(26)22-13-6-4-12(19)5-7-13/h2-9,17H,10H2,1H3,(H,22,26). The molecule has 0 aliphatic rings. The highest BCUT2D eigenvalue weighted by Gasteiger charge is 2.14. The summed E-state index contributed by atoms with van der Waals surface area (Å²) in [5.74, 6) is 0.633. The number of halogens is 3. The molecule has 0 unspecified atom stereocenters. The molecule has 1 N–H and O–H groups in total. The second kappa shape index (κ2) is 9.16. The minimum atomic E-state index is -2.87. The van der Waals surface area contributed by atoms with Gasteiger partial charge in [-0.15, -0.1) is 10.2 Å². The van der Waals surface area contributed by atoms with E-state index < -0.39 is 6.61 Å². The number of ether oxygens (including phenoxy) is 1. The van der Waals surface area contributed by atoms with Crippen LogP contribution in [0.25, 0.3) is 11.4 Å². The predicted molar refractivity (Wildman–Crippen MR) is 107 cm³/mol. The zero-order valence-electron chi connectivity index (χ0n) is 14.6. The van der Waals surface area contributed by atoms with E-state index in [1.54, 1.807) is 35.9 Å². The first kappa shape index (κ1) is 20.3. The lowest BCUT2D eigenvalue weighted by Crippen LogP contribution is -2.14. The third kappa shape index (κ3) is 5.29. The van der Waals surface area contributed by atoms with Gasteiger partial charge in [0.2, 0.25) is 5.91 Å². The molecule has 2 aromatic carbocycles. The van der Waals surface area contributed by atoms with Crippen LogP contribution in [0.2, 0.25) is 0 Å². The van der Waals surface area contributed by atoms with Gasteiger partial charge < -0.3 is 14.6 Å². The normalized spacial score (nSPS) is 10.9. The zero-order chi connectivity index (χ0) is 20.1. The summed E-state index contributed by atoms with van der Waals surface area (Å²) in [5.41, 5.74) is 1.40. The van der Waals surface area contributed by atoms with Crippen LogP contribution in [-0.2, 0) is 11.8 Å². The molecule has 1 aromatic heterocycles. The van der Waals surface area contributed by atoms with Crippen LogP contribution in [0.1, 0.15) is 0 Å². The van der Waals surface area contributed by atoms with Gasteiger partial charge in [0.1, 0.15) is 5.75 Å². The number of hydrogen-bond acceptors (Lipinski definition) is 5. The van der Waals surface area contributed by atoms with Gasteiger partial charge in [-0.3, -0.25) is 4.79 Å². The first-order valence-electron chi connectivity index (χ1n) is 8.05. The van der Waals surface area contributed by atoms with Gasteiger partial charge in [0.15, 0.2) is 11.0 Å². The fourth-order valence-electron chi connectivity index (χ4n) is 2.34. The lowest BCUT2D eigenvalue weighted by Gasteiger charge is -2.07. The predicted octanol–water partition coefficient (Wildman–Crippen LogP) is 4.58. The first-order valence-corrected chi connectivity index (χ1v) is 9.83. The minimum absolute atomic E-state index is 0.0696. The Morgan fingerprint density at radius 1 is 1.18 bits per heavy atom. The molecule has 1 heterocycles. The number of thioether (sulfide) groups is 1. The highest BCUT2D eigenvalue weighted by atomic mass is 79.9. The lowest BCUT2D eigenvalue weighted by molar-refractivity contribution is -0.113. The number of carbonyl (C=O) groups is 1. The van der Waals surface area contributed by atoms with E-state index in [-0.39, 0.29) is 17.4 Å². The molecular formula is C18H15BrF2N4O2S. The number of amides is 1. The molecule has 0 atom stereocenters. The summed E-state index contributed by atoms with van der Waals surface area (Å²) >= 11 is 4.59. The van der Waals surface area contributed by atoms with Crippen molar-refractivity contribution in [2.45, 2.75) is 11.8 Å². The number of anilines is 1. The van der Waals surface area contributed by atoms with Crippen molar-refractivity contribution in [2.75, 3.05) is 11.1 Å². The number of nitrogens with zero attached hydrogens (tertiary/aromatic N) is 3. The smallest absolute Gasteiger partial charge is 0.387 e. The summed E-state index contributed by atoms with van der Waals surface area (Å²) in [7, 11) is 1.77. The van der Waals surface area contributed by atoms with Gasteiger partial charge in [0, 0.05) is 22.8 Å². The third-order valence-corrected chi connectivity index (χ3v) is 5.18. The van der Waals surface area contributed by atoms with Crippen molar-refractivity contribution in [3.63, 3.8) is 0 Å². The van der Waals surface area contributed by atoms with Crippen molar-refractivity contribution in [3.8, 4) is 17.1 Å². The quantitative estimate of drug-likeness (QED) is 0.514. The third-order valence-electron chi connectivity index (χ3n) is 3.63. The Balaban J connectivity index is 1.61. The Kier molecular flexibility index (Phi) is 6.63. The first-order chi connectivity index (χ1) is 13.4. The minimum Gasteiger partial charge on any atom is -0.435 e. The fourth-order valence-corrected chi connectivity index (χ4v) is 3.31. The second-order valence-electron chi connectivity index (χ2n) is 5.61. The van der Waals surface area contributed by atoms with Crippen LogP contribution in [0.15, 0.2) is 58.2 Å². The van der Waals surface area contributed by atoms with E-state index in [0.717, 1.165) is 4.47 Å². The summed E-state index contributed by atoms with van der Waals surface area (Å²) in [5, 5.41) is 11.6. The van der Waals surface area contributed by atoms with Gasteiger partial charge in [-0.1, -0.05) is 27.7 Å². The molecule has 0 saturated carbocycles. The highest BCUT2D eigenvalue weighted by molar-refractivity contribution is 9.10. The van der Waals surface area contributed by atoms with Crippen LogP contribution in [0, 0.1) is 0 Å². The van der Waals surface area contributed by atoms with Crippen molar-refractivity contribution in [3.05, 3.63) is 53.0 Å². The molecule has 0 aliphatic heterocycles. The van der Waals surface area contributed by atoms with E-state index in [2.05, 4.69) is 36.2 Å². The van der Waals surface area contributed by atoms with Crippen LogP contribution in [0.4, 0.5) is 14.5 Å². The maximum absolute atomic E-state index is 12.2. The summed E-state index contributed by atoms with van der Waals surface area (Å²) in [4.78, 5) is 12.1. The Hall–Kier alpha value is -2.46. The lowest BCUT2D eigenvalue weighted by atomic mass is 10.2. The van der Waals surface area contributed by atoms with Gasteiger partial charge in [0.25, 0.3) is 0 Å². The van der Waals surface area contributed by atoms with E-state index in [1.165, 1.54) is 23.9 Å². The summed E-state index contributed by atoms with van der Waals surface area (Å²) < 4.78 is 31.5. The van der Waals surface area contributed by atoms with Crippen LogP contribution >= 0.6 is 27.7 Å². The maximum Gasteiger partial charge on any atom is 0.387 e. The van der Waals surface area contributed by atoms with Crippen LogP contribution in [-0.4, -0.2) is 33.0 Å². The molecule has 0 spiro atoms. The SMILES string of the molecule is Cn1c(SCC(=O)Nc2ccc(Br)cc2)nnc1-c1ccc(OC(F)F)cc1. The molecule has 3 aromatic rings. The maximum atomic E-state index is 12.2. The average Bonchev–Trinajstić information content (AvgIpc) is 3.03. The Bertz CT molecular complexity index is 949. The number of benzene rings is 2. The molecule has 6 nitrogen and oxygen atoms in total. The molecule has 1 amide bonds. The molecule has 3 rings (SSSR count). The number of aromatic nitrogens is 3. The van der Waals surface area contributed by atoms with Crippen LogP contribution in [0.5, 0.6) is 5.75 Å². The van der Waals surface area contributed by atoms with E-state index >= 15 is 0 Å². The molecule has 146 valence electrons. The van der Waals surface area contributed by atoms with E-state index in [1.807, 2.05) is 12.1 Å². The monoisotopic (exact) mass is 468 g/mol. The second-order valence-corrected chi connectivity index (χ2v) is 7.47. The molecule has 0 radical (unpaired) electrons. The van der Waals surface area contributed by atoms with Crippen molar-refractivity contribution < 1.29 is 18.3 Å². The van der Waals surface area contributed by atoms with Gasteiger partial charge in [0.05, 0.1) is 5.75 Å². The number of alkyl halides is 2. The van der Waals surface area contributed by atoms with Gasteiger partial charge >= 0.3 is 6.61 Å². The Morgan fingerprint density at radius 2 is 1.86 bits per heavy atom. The number of nitrogens with one attached hydrogen (secondary N) is 1. The Morgan fingerprint density at radius 3 is 2.50 bits per heavy atom. The number of carbonyl (C=O) groups excluding carboxylic acids is 1.